The Kier molecular flexibility index (Phi) is 8.49. The predicted octanol–water partition coefficient (Wildman–Crippen LogP) is 4.94. The van der Waals surface area contributed by atoms with Crippen LogP contribution in [0.15, 0.2) is 42.5 Å². The van der Waals surface area contributed by atoms with E-state index in [-0.39, 0.29) is 10.9 Å². The molecule has 0 spiro atoms. The first-order valence-corrected chi connectivity index (χ1v) is 12.6. The third-order valence-corrected chi connectivity index (χ3v) is 7.23. The van der Waals surface area contributed by atoms with Crippen molar-refractivity contribution in [3.63, 3.8) is 0 Å². The molecule has 0 unspecified atom stereocenters. The van der Waals surface area contributed by atoms with Crippen LogP contribution in [-0.4, -0.2) is 66.4 Å². The van der Waals surface area contributed by atoms with Crippen LogP contribution in [0, 0.1) is 0 Å². The fourth-order valence-corrected chi connectivity index (χ4v) is 5.19. The fourth-order valence-electron chi connectivity index (χ4n) is 4.95. The summed E-state index contributed by atoms with van der Waals surface area (Å²) < 4.78 is 32.6. The molecule has 0 saturated carbocycles. The second-order valence-corrected chi connectivity index (χ2v) is 9.33. The van der Waals surface area contributed by atoms with E-state index in [0.29, 0.717) is 56.9 Å². The second-order valence-electron chi connectivity index (χ2n) is 8.92. The largest absolute Gasteiger partial charge is 0.495 e. The van der Waals surface area contributed by atoms with Crippen LogP contribution in [0.4, 0.5) is 5.69 Å². The lowest BCUT2D eigenvalue weighted by atomic mass is 9.79. The van der Waals surface area contributed by atoms with Crippen LogP contribution in [0.25, 0.3) is 0 Å². The molecule has 0 fully saturated rings. The zero-order chi connectivity index (χ0) is 29.1. The van der Waals surface area contributed by atoms with Gasteiger partial charge >= 0.3 is 0 Å². The fraction of sp³-hybridized carbons (Fsp3) is 0.310. The van der Waals surface area contributed by atoms with Gasteiger partial charge in [0.05, 0.1) is 65.3 Å². The molecule has 1 aliphatic heterocycles. The zero-order valence-electron chi connectivity index (χ0n) is 23.3. The van der Waals surface area contributed by atoms with Gasteiger partial charge in [-0.25, -0.2) is 0 Å². The molecule has 40 heavy (non-hydrogen) atoms. The minimum atomic E-state index is -0.888. The van der Waals surface area contributed by atoms with Crippen molar-refractivity contribution in [3.8, 4) is 34.5 Å². The molecule has 1 aliphatic rings. The second kappa shape index (κ2) is 11.8. The van der Waals surface area contributed by atoms with Gasteiger partial charge in [-0.1, -0.05) is 17.7 Å². The van der Waals surface area contributed by atoms with E-state index in [0.717, 1.165) is 0 Å². The summed E-state index contributed by atoms with van der Waals surface area (Å²) in [5, 5.41) is 3.24. The van der Waals surface area contributed by atoms with E-state index in [9.17, 15) is 9.59 Å². The molecule has 2 atom stereocenters. The van der Waals surface area contributed by atoms with Crippen molar-refractivity contribution in [2.75, 3.05) is 55.0 Å². The van der Waals surface area contributed by atoms with E-state index in [1.165, 1.54) is 47.6 Å². The van der Waals surface area contributed by atoms with Gasteiger partial charge in [-0.3, -0.25) is 9.59 Å². The van der Waals surface area contributed by atoms with Crippen LogP contribution in [0.5, 0.6) is 34.5 Å². The molecule has 4 rings (SSSR count). The SMILES string of the molecule is COc1cc(OC)c(NC(=O)[C@H]2c3cc(OC)c(OC)cc3C(=O)N(C)[C@H]2c2ccc(OC)c(OC)c2)cc1Cl. The summed E-state index contributed by atoms with van der Waals surface area (Å²) in [5.74, 6) is 0.888. The van der Waals surface area contributed by atoms with Crippen molar-refractivity contribution in [3.05, 3.63) is 64.2 Å². The van der Waals surface area contributed by atoms with Crippen molar-refractivity contribution < 1.29 is 38.0 Å². The Morgan fingerprint density at radius 2 is 1.32 bits per heavy atom. The van der Waals surface area contributed by atoms with Crippen LogP contribution in [0.3, 0.4) is 0 Å². The lowest BCUT2D eigenvalue weighted by Gasteiger charge is -2.40. The van der Waals surface area contributed by atoms with Crippen LogP contribution in [0.1, 0.15) is 33.4 Å². The molecule has 0 radical (unpaired) electrons. The number of halogens is 1. The van der Waals surface area contributed by atoms with E-state index >= 15 is 0 Å². The molecule has 1 heterocycles. The quantitative estimate of drug-likeness (QED) is 0.386. The van der Waals surface area contributed by atoms with Gasteiger partial charge in [-0.05, 0) is 41.5 Å². The van der Waals surface area contributed by atoms with Crippen molar-refractivity contribution in [2.24, 2.45) is 0 Å². The molecule has 3 aromatic carbocycles. The summed E-state index contributed by atoms with van der Waals surface area (Å²) in [4.78, 5) is 29.4. The minimum Gasteiger partial charge on any atom is -0.495 e. The normalized spacial score (nSPS) is 16.1. The molecule has 0 aromatic heterocycles. The number of benzene rings is 3. The highest BCUT2D eigenvalue weighted by molar-refractivity contribution is 6.32. The number of anilines is 1. The number of hydrogen-bond acceptors (Lipinski definition) is 8. The van der Waals surface area contributed by atoms with Gasteiger partial charge < -0.3 is 38.6 Å². The highest BCUT2D eigenvalue weighted by Gasteiger charge is 2.44. The Balaban J connectivity index is 1.91. The molecular formula is C29H31ClN2O8. The van der Waals surface area contributed by atoms with Crippen molar-refractivity contribution in [2.45, 2.75) is 12.0 Å². The topological polar surface area (TPSA) is 105 Å². The van der Waals surface area contributed by atoms with E-state index < -0.39 is 17.9 Å². The lowest BCUT2D eigenvalue weighted by molar-refractivity contribution is -0.119. The molecule has 10 nitrogen and oxygen atoms in total. The Morgan fingerprint density at radius 1 is 0.750 bits per heavy atom. The maximum absolute atomic E-state index is 14.2. The smallest absolute Gasteiger partial charge is 0.254 e. The summed E-state index contributed by atoms with van der Waals surface area (Å²) in [5.41, 5.74) is 1.79. The summed E-state index contributed by atoms with van der Waals surface area (Å²) in [6, 6.07) is 10.9. The van der Waals surface area contributed by atoms with E-state index in [1.807, 2.05) is 0 Å². The molecule has 0 saturated heterocycles. The number of carbonyl (C=O) groups is 2. The van der Waals surface area contributed by atoms with Gasteiger partial charge in [-0.2, -0.15) is 0 Å². The first-order valence-electron chi connectivity index (χ1n) is 12.2. The van der Waals surface area contributed by atoms with Gasteiger partial charge in [0.1, 0.15) is 11.5 Å². The number of methoxy groups -OCH3 is 6. The third-order valence-electron chi connectivity index (χ3n) is 6.94. The number of fused-ring (bicyclic) bond motifs is 1. The van der Waals surface area contributed by atoms with E-state index in [2.05, 4.69) is 5.32 Å². The third kappa shape index (κ3) is 5.02. The number of nitrogens with one attached hydrogen (secondary N) is 1. The van der Waals surface area contributed by atoms with Gasteiger partial charge in [0, 0.05) is 18.7 Å². The molecule has 1 N–H and O–H groups in total. The molecule has 0 bridgehead atoms. The number of ether oxygens (including phenoxy) is 6. The van der Waals surface area contributed by atoms with Crippen molar-refractivity contribution in [1.82, 2.24) is 4.90 Å². The Bertz CT molecular complexity index is 1440. The number of hydrogen-bond donors (Lipinski definition) is 1. The van der Waals surface area contributed by atoms with Crippen molar-refractivity contribution in [1.29, 1.82) is 0 Å². The van der Waals surface area contributed by atoms with Gasteiger partial charge in [-0.15, -0.1) is 0 Å². The molecular weight excluding hydrogens is 540 g/mol. The van der Waals surface area contributed by atoms with Crippen LogP contribution in [-0.2, 0) is 4.79 Å². The minimum absolute atomic E-state index is 0.287. The molecule has 3 aromatic rings. The van der Waals surface area contributed by atoms with E-state index in [1.54, 1.807) is 49.5 Å². The van der Waals surface area contributed by atoms with E-state index in [4.69, 9.17) is 40.0 Å². The zero-order valence-corrected chi connectivity index (χ0v) is 24.0. The van der Waals surface area contributed by atoms with Crippen LogP contribution >= 0.6 is 11.6 Å². The van der Waals surface area contributed by atoms with Crippen LogP contribution in [0.2, 0.25) is 5.02 Å². The number of rotatable bonds is 9. The molecule has 11 heteroatoms. The molecule has 2 amide bonds. The molecule has 0 aliphatic carbocycles. The van der Waals surface area contributed by atoms with Crippen LogP contribution < -0.4 is 33.7 Å². The number of likely N-dealkylation sites (N-methyl/N-ethyl adjacent to an activating group) is 1. The summed E-state index contributed by atoms with van der Waals surface area (Å²) >= 11 is 6.37. The average molecular weight is 571 g/mol. The highest BCUT2D eigenvalue weighted by Crippen LogP contribution is 2.47. The van der Waals surface area contributed by atoms with Gasteiger partial charge in [0.2, 0.25) is 5.91 Å². The average Bonchev–Trinajstić information content (AvgIpc) is 2.97. The highest BCUT2D eigenvalue weighted by atomic mass is 35.5. The number of nitrogens with zero attached hydrogens (tertiary/aromatic N) is 1. The first kappa shape index (κ1) is 28.7. The maximum atomic E-state index is 14.2. The summed E-state index contributed by atoms with van der Waals surface area (Å²) in [7, 11) is 10.6. The summed E-state index contributed by atoms with van der Waals surface area (Å²) in [6.07, 6.45) is 0. The van der Waals surface area contributed by atoms with Gasteiger partial charge in [0.25, 0.3) is 5.91 Å². The number of carbonyl (C=O) groups excluding carboxylic acids is 2. The molecule has 212 valence electrons. The maximum Gasteiger partial charge on any atom is 0.254 e. The first-order chi connectivity index (χ1) is 19.2. The monoisotopic (exact) mass is 570 g/mol. The van der Waals surface area contributed by atoms with Gasteiger partial charge in [0.15, 0.2) is 23.0 Å². The lowest BCUT2D eigenvalue weighted by Crippen LogP contribution is -2.44. The predicted molar refractivity (Wildman–Crippen MR) is 150 cm³/mol. The Hall–Kier alpha value is -4.31. The number of amides is 2. The Morgan fingerprint density at radius 3 is 1.93 bits per heavy atom. The standard InChI is InChI=1S/C29H31ClN2O8/c1-32-27(15-8-9-20(35-2)23(10-15)38-5)26(16-11-24(39-6)25(40-7)12-17(16)29(32)34)28(33)31-19-13-18(30)21(36-3)14-22(19)37-4/h8-14,26-27H,1-7H3,(H,31,33)/t26-,27-/m0/s1. The summed E-state index contributed by atoms with van der Waals surface area (Å²) in [6.45, 7) is 0. The Labute approximate surface area is 237 Å². The van der Waals surface area contributed by atoms with Crippen molar-refractivity contribution >= 4 is 29.1 Å².